The van der Waals surface area contributed by atoms with Gasteiger partial charge in [0.15, 0.2) is 0 Å². The fourth-order valence-corrected chi connectivity index (χ4v) is 4.39. The molecule has 10 nitrogen and oxygen atoms in total. The molecule has 3 aliphatic carbocycles. The lowest BCUT2D eigenvalue weighted by atomic mass is 10.0. The number of carbonyl (C=O) groups is 3. The highest BCUT2D eigenvalue weighted by atomic mass is 16.6. The zero-order chi connectivity index (χ0) is 27.1. The Morgan fingerprint density at radius 2 is 0.816 bits per heavy atom. The summed E-state index contributed by atoms with van der Waals surface area (Å²) in [6.07, 6.45) is 6.37. The van der Waals surface area contributed by atoms with Crippen LogP contribution in [0, 0.1) is 35.5 Å². The van der Waals surface area contributed by atoms with E-state index in [0.717, 1.165) is 38.5 Å². The summed E-state index contributed by atoms with van der Waals surface area (Å²) < 4.78 is 16.6. The molecule has 0 saturated heterocycles. The Kier molecular flexibility index (Phi) is 11.9. The van der Waals surface area contributed by atoms with Gasteiger partial charge in [0, 0.05) is 38.5 Å². The lowest BCUT2D eigenvalue weighted by molar-refractivity contribution is 0.0469. The third-order valence-corrected chi connectivity index (χ3v) is 6.35. The van der Waals surface area contributed by atoms with E-state index in [9.17, 15) is 14.4 Å². The molecule has 3 aliphatic rings. The molecule has 0 aromatic carbocycles. The van der Waals surface area contributed by atoms with Crippen molar-refractivity contribution < 1.29 is 28.6 Å². The monoisotopic (exact) mass is 526 g/mol. The maximum absolute atomic E-state index is 12.8. The van der Waals surface area contributed by atoms with Crippen LogP contribution in [0.15, 0.2) is 0 Å². The number of alkyl carbamates (subject to hydrolysis) is 3. The summed E-state index contributed by atoms with van der Waals surface area (Å²) in [4.78, 5) is 38.3. The average Bonchev–Trinajstić information content (AvgIpc) is 2.78. The van der Waals surface area contributed by atoms with Gasteiger partial charge in [-0.3, -0.25) is 21.7 Å². The van der Waals surface area contributed by atoms with Crippen LogP contribution in [-0.2, 0) is 14.2 Å². The molecule has 10 heteroatoms. The van der Waals surface area contributed by atoms with Gasteiger partial charge in [-0.2, -0.15) is 0 Å². The molecule has 0 radical (unpaired) electrons. The largest absolute Gasteiger partial charge is 0.446 e. The number of carbonyl (C=O) groups excluding carboxylic acids is 3. The Bertz CT molecular complexity index is 885. The number of nitrogens with one attached hydrogen (secondary N) is 3. The molecule has 3 atom stereocenters. The maximum atomic E-state index is 12.8. The van der Waals surface area contributed by atoms with Crippen LogP contribution < -0.4 is 21.7 Å². The number of amides is 3. The second-order valence-corrected chi connectivity index (χ2v) is 9.62. The van der Waals surface area contributed by atoms with Crippen molar-refractivity contribution in [3.63, 3.8) is 0 Å². The Labute approximate surface area is 224 Å². The van der Waals surface area contributed by atoms with Gasteiger partial charge in [-0.1, -0.05) is 0 Å². The highest BCUT2D eigenvalue weighted by Gasteiger charge is 2.35. The van der Waals surface area contributed by atoms with Gasteiger partial charge in [0.25, 0.3) is 5.91 Å². The van der Waals surface area contributed by atoms with Crippen LogP contribution in [0.5, 0.6) is 0 Å². The van der Waals surface area contributed by atoms with Crippen LogP contribution in [0.2, 0.25) is 0 Å². The van der Waals surface area contributed by atoms with Crippen LogP contribution in [0.1, 0.15) is 96.3 Å². The van der Waals surface area contributed by atoms with Crippen LogP contribution >= 0.6 is 0 Å². The maximum Gasteiger partial charge on any atom is 0.411 e. The van der Waals surface area contributed by atoms with Gasteiger partial charge in [0.1, 0.15) is 18.3 Å². The SMILES string of the molecule is NC(NC(=O)OC1CCC#CCCC1)(NC(=O)OC1CCC#CCCC1)NC(=O)OC1CCC#CCCC1. The Balaban J connectivity index is 1.62. The lowest BCUT2D eigenvalue weighted by Gasteiger charge is -2.32. The van der Waals surface area contributed by atoms with Gasteiger partial charge in [-0.25, -0.2) is 14.4 Å². The molecule has 0 saturated carbocycles. The first-order chi connectivity index (χ1) is 18.4. The van der Waals surface area contributed by atoms with Crippen molar-refractivity contribution in [3.05, 3.63) is 0 Å². The molecule has 3 amide bonds. The minimum absolute atomic E-state index is 0.361. The molecule has 0 fully saturated rings. The smallest absolute Gasteiger partial charge is 0.411 e. The van der Waals surface area contributed by atoms with Crippen LogP contribution in [0.4, 0.5) is 14.4 Å². The van der Waals surface area contributed by atoms with E-state index in [1.807, 2.05) is 0 Å². The minimum Gasteiger partial charge on any atom is -0.446 e. The van der Waals surface area contributed by atoms with Crippen molar-refractivity contribution in [1.29, 1.82) is 0 Å². The molecule has 0 aromatic rings. The van der Waals surface area contributed by atoms with Crippen LogP contribution in [0.3, 0.4) is 0 Å². The summed E-state index contributed by atoms with van der Waals surface area (Å²) in [5, 5.41) is 7.11. The van der Waals surface area contributed by atoms with Gasteiger partial charge >= 0.3 is 18.3 Å². The quantitative estimate of drug-likeness (QED) is 0.235. The van der Waals surface area contributed by atoms with Crippen LogP contribution in [0.25, 0.3) is 0 Å². The second-order valence-electron chi connectivity index (χ2n) is 9.62. The predicted molar refractivity (Wildman–Crippen MR) is 140 cm³/mol. The van der Waals surface area contributed by atoms with Gasteiger partial charge in [-0.05, 0) is 57.8 Å². The molecule has 38 heavy (non-hydrogen) atoms. The fraction of sp³-hybridized carbons (Fsp3) is 0.679. The van der Waals surface area contributed by atoms with E-state index < -0.39 is 24.2 Å². The van der Waals surface area contributed by atoms with Gasteiger partial charge in [-0.15, -0.1) is 35.5 Å². The third-order valence-electron chi connectivity index (χ3n) is 6.35. The highest BCUT2D eigenvalue weighted by Crippen LogP contribution is 2.16. The van der Waals surface area contributed by atoms with Crippen molar-refractivity contribution in [3.8, 4) is 35.5 Å². The number of hydrogen-bond acceptors (Lipinski definition) is 7. The fourth-order valence-electron chi connectivity index (χ4n) is 4.39. The molecule has 5 N–H and O–H groups in total. The number of hydrogen-bond donors (Lipinski definition) is 4. The first-order valence-electron chi connectivity index (χ1n) is 13.5. The first kappa shape index (κ1) is 29.0. The Morgan fingerprint density at radius 1 is 0.526 bits per heavy atom. The van der Waals surface area contributed by atoms with Crippen molar-refractivity contribution in [2.24, 2.45) is 5.73 Å². The van der Waals surface area contributed by atoms with E-state index in [-0.39, 0.29) is 18.3 Å². The number of nitrogens with two attached hydrogens (primary N) is 1. The highest BCUT2D eigenvalue weighted by molar-refractivity contribution is 5.75. The van der Waals surface area contributed by atoms with E-state index in [0.29, 0.717) is 57.8 Å². The van der Waals surface area contributed by atoms with Gasteiger partial charge < -0.3 is 14.2 Å². The Morgan fingerprint density at radius 3 is 1.13 bits per heavy atom. The van der Waals surface area contributed by atoms with E-state index in [2.05, 4.69) is 51.5 Å². The van der Waals surface area contributed by atoms with E-state index in [1.165, 1.54) is 0 Å². The summed E-state index contributed by atoms with van der Waals surface area (Å²) in [5.41, 5.74) is 6.28. The third kappa shape index (κ3) is 11.2. The lowest BCUT2D eigenvalue weighted by Crippen LogP contribution is -2.76. The van der Waals surface area contributed by atoms with Crippen molar-refractivity contribution in [1.82, 2.24) is 16.0 Å². The van der Waals surface area contributed by atoms with Crippen molar-refractivity contribution in [2.75, 3.05) is 0 Å². The zero-order valence-electron chi connectivity index (χ0n) is 21.9. The normalized spacial score (nSPS) is 24.7. The molecule has 0 heterocycles. The summed E-state index contributed by atoms with van der Waals surface area (Å²) in [5.74, 6) is 16.1. The summed E-state index contributed by atoms with van der Waals surface area (Å²) in [6, 6.07) is 0. The van der Waals surface area contributed by atoms with E-state index >= 15 is 0 Å². The first-order valence-corrected chi connectivity index (χ1v) is 13.5. The molecule has 206 valence electrons. The van der Waals surface area contributed by atoms with Gasteiger partial charge in [0.2, 0.25) is 0 Å². The standard InChI is InChI=1S/C28H38N4O6/c29-28(30-25(33)36-22-16-10-4-1-5-11-17-22,31-26(34)37-23-18-12-6-2-7-13-19-23)32-27(35)38-24-20-14-8-3-9-15-21-24/h22-24H,4,6,8,10-21,29H2,(H,30,33)(H,31,34)(H,32,35). The number of rotatable bonds is 6. The molecular weight excluding hydrogens is 488 g/mol. The van der Waals surface area contributed by atoms with Crippen LogP contribution in [-0.4, -0.2) is 42.5 Å². The molecule has 0 aromatic heterocycles. The molecule has 3 unspecified atom stereocenters. The topological polar surface area (TPSA) is 141 Å². The van der Waals surface area contributed by atoms with Gasteiger partial charge in [0.05, 0.1) is 0 Å². The molecule has 3 rings (SSSR count). The summed E-state index contributed by atoms with van der Waals surface area (Å²) in [6.45, 7) is 0. The minimum atomic E-state index is -2.21. The molecule has 0 bridgehead atoms. The van der Waals surface area contributed by atoms with Crippen molar-refractivity contribution in [2.45, 2.75) is 121 Å². The summed E-state index contributed by atoms with van der Waals surface area (Å²) in [7, 11) is 0. The average molecular weight is 527 g/mol. The predicted octanol–water partition coefficient (Wildman–Crippen LogP) is 3.74. The van der Waals surface area contributed by atoms with E-state index in [4.69, 9.17) is 19.9 Å². The summed E-state index contributed by atoms with van der Waals surface area (Å²) >= 11 is 0. The molecule has 0 spiro atoms. The zero-order valence-corrected chi connectivity index (χ0v) is 21.9. The second kappa shape index (κ2) is 15.6. The Hall–Kier alpha value is -3.55. The molecule has 0 aliphatic heterocycles. The van der Waals surface area contributed by atoms with E-state index in [1.54, 1.807) is 0 Å². The molecular formula is C28H38N4O6. The van der Waals surface area contributed by atoms with Crippen molar-refractivity contribution >= 4 is 18.3 Å². The number of ether oxygens (including phenoxy) is 3.